The van der Waals surface area contributed by atoms with Crippen LogP contribution in [0.25, 0.3) is 0 Å². The van der Waals surface area contributed by atoms with E-state index < -0.39 is 5.51 Å². The van der Waals surface area contributed by atoms with E-state index in [9.17, 15) is 0 Å². The van der Waals surface area contributed by atoms with Crippen LogP contribution in [-0.4, -0.2) is 21.8 Å². The normalized spacial score (nSPS) is 26.5. The average molecular weight is 296 g/mol. The van der Waals surface area contributed by atoms with Crippen molar-refractivity contribution in [3.05, 3.63) is 21.2 Å². The first-order chi connectivity index (χ1) is 6.10. The van der Waals surface area contributed by atoms with E-state index in [0.29, 0.717) is 0 Å². The molecule has 0 aliphatic carbocycles. The first kappa shape index (κ1) is 12.8. The summed E-state index contributed by atoms with van der Waals surface area (Å²) in [7, 11) is 0. The first-order valence-electron chi connectivity index (χ1n) is 4.77. The summed E-state index contributed by atoms with van der Waals surface area (Å²) in [6, 6.07) is 0. The Morgan fingerprint density at radius 1 is 1.29 bits per heavy atom. The van der Waals surface area contributed by atoms with Crippen molar-refractivity contribution in [1.82, 2.24) is 0 Å². The van der Waals surface area contributed by atoms with Crippen LogP contribution in [0.15, 0.2) is 21.2 Å². The monoisotopic (exact) mass is 296 g/mol. The fraction of sp³-hybridized carbons (Fsp3) is 0.636. The van der Waals surface area contributed by atoms with Crippen LogP contribution in [0.3, 0.4) is 0 Å². The van der Waals surface area contributed by atoms with Crippen LogP contribution < -0.4 is 0 Å². The Kier molecular flexibility index (Phi) is 3.32. The summed E-state index contributed by atoms with van der Waals surface area (Å²) in [5.41, 5.74) is 0.415. The van der Waals surface area contributed by atoms with Crippen molar-refractivity contribution >= 4 is 32.2 Å². The number of hydrogen-bond donors (Lipinski definition) is 0. The third-order valence-electron chi connectivity index (χ3n) is 2.38. The molecular weight excluding hydrogens is 278 g/mol. The standard InChI is InChI=1S/C11H18ClPSe/c1-7(2)8(12)9-10(11(3,4)5)13(9,6)14/h1-6H3. The van der Waals surface area contributed by atoms with Crippen LogP contribution in [0.4, 0.5) is 0 Å². The van der Waals surface area contributed by atoms with Crippen molar-refractivity contribution in [2.45, 2.75) is 34.6 Å². The third kappa shape index (κ3) is 2.12. The Labute approximate surface area is 100 Å². The molecule has 0 saturated heterocycles. The van der Waals surface area contributed by atoms with Gasteiger partial charge in [0, 0.05) is 0 Å². The molecule has 1 heterocycles. The Hall–Kier alpha value is 0.719. The van der Waals surface area contributed by atoms with Gasteiger partial charge in [0.2, 0.25) is 0 Å². The average Bonchev–Trinajstić information content (AvgIpc) is 2.50. The van der Waals surface area contributed by atoms with E-state index in [-0.39, 0.29) is 5.41 Å². The Balaban J connectivity index is 3.21. The summed E-state index contributed by atoms with van der Waals surface area (Å²) >= 11 is 9.68. The first-order valence-corrected chi connectivity index (χ1v) is 9.60. The van der Waals surface area contributed by atoms with Crippen LogP contribution in [-0.2, 0) is 0 Å². The summed E-state index contributed by atoms with van der Waals surface area (Å²) in [6.07, 6.45) is 0. The third-order valence-corrected chi connectivity index (χ3v) is 8.21. The predicted molar refractivity (Wildman–Crippen MR) is 69.3 cm³/mol. The van der Waals surface area contributed by atoms with Gasteiger partial charge in [0.05, 0.1) is 0 Å². The minimum atomic E-state index is -1.07. The van der Waals surface area contributed by atoms with Gasteiger partial charge in [0.1, 0.15) is 0 Å². The molecule has 80 valence electrons. The van der Waals surface area contributed by atoms with E-state index in [1.54, 1.807) is 5.31 Å². The van der Waals surface area contributed by atoms with Crippen LogP contribution in [0, 0.1) is 5.41 Å². The Morgan fingerprint density at radius 3 is 1.93 bits per heavy atom. The number of halogens is 1. The SMILES string of the molecule is CC(C)=C(Cl)C1=C(C(C)(C)C)P1(C)=[Se]. The maximum atomic E-state index is 6.33. The zero-order valence-corrected chi connectivity index (χ0v) is 13.1. The van der Waals surface area contributed by atoms with Crippen molar-refractivity contribution in [3.8, 4) is 0 Å². The van der Waals surface area contributed by atoms with Gasteiger partial charge in [-0.25, -0.2) is 0 Å². The van der Waals surface area contributed by atoms with Crippen molar-refractivity contribution < 1.29 is 0 Å². The van der Waals surface area contributed by atoms with Crippen LogP contribution in [0.2, 0.25) is 0 Å². The Morgan fingerprint density at radius 2 is 1.71 bits per heavy atom. The van der Waals surface area contributed by atoms with Gasteiger partial charge in [-0.1, -0.05) is 0 Å². The van der Waals surface area contributed by atoms with E-state index in [1.165, 1.54) is 10.9 Å². The maximum absolute atomic E-state index is 6.33. The van der Waals surface area contributed by atoms with Gasteiger partial charge in [-0.2, -0.15) is 0 Å². The second-order valence-electron chi connectivity index (χ2n) is 5.19. The number of rotatable bonds is 1. The molecule has 0 amide bonds. The van der Waals surface area contributed by atoms with Crippen LogP contribution in [0.5, 0.6) is 0 Å². The molecule has 0 aromatic rings. The van der Waals surface area contributed by atoms with Crippen LogP contribution >= 0.6 is 17.1 Å². The molecule has 0 aromatic heterocycles. The van der Waals surface area contributed by atoms with E-state index in [0.717, 1.165) is 5.03 Å². The van der Waals surface area contributed by atoms with Gasteiger partial charge in [0.25, 0.3) is 0 Å². The molecule has 0 N–H and O–H groups in total. The molecule has 1 aliphatic rings. The van der Waals surface area contributed by atoms with Crippen LogP contribution in [0.1, 0.15) is 34.6 Å². The van der Waals surface area contributed by atoms with Gasteiger partial charge in [-0.3, -0.25) is 0 Å². The zero-order chi connectivity index (χ0) is 11.3. The van der Waals surface area contributed by atoms with Crippen molar-refractivity contribution in [2.75, 3.05) is 6.66 Å². The topological polar surface area (TPSA) is 0 Å². The number of allylic oxidation sites excluding steroid dienone is 4. The second kappa shape index (κ2) is 3.63. The number of hydrogen-bond acceptors (Lipinski definition) is 0. The molecule has 0 aromatic carbocycles. The molecule has 1 unspecified atom stereocenters. The summed E-state index contributed by atoms with van der Waals surface area (Å²) in [6.45, 7) is 13.3. The molecule has 0 fully saturated rings. The predicted octanol–water partition coefficient (Wildman–Crippen LogP) is 4.52. The molecule has 0 nitrogen and oxygen atoms in total. The van der Waals surface area contributed by atoms with Gasteiger partial charge >= 0.3 is 100 Å². The summed E-state index contributed by atoms with van der Waals surface area (Å²) in [5.74, 6) is 0. The van der Waals surface area contributed by atoms with E-state index in [4.69, 9.17) is 11.6 Å². The molecule has 3 heteroatoms. The van der Waals surface area contributed by atoms with E-state index in [1.807, 2.05) is 0 Å². The fourth-order valence-corrected chi connectivity index (χ4v) is 9.86. The second-order valence-corrected chi connectivity index (χ2v) is 12.9. The molecule has 14 heavy (non-hydrogen) atoms. The molecular formula is C11H18ClPSe. The van der Waals surface area contributed by atoms with Crippen molar-refractivity contribution in [2.24, 2.45) is 5.41 Å². The molecule has 1 aliphatic heterocycles. The van der Waals surface area contributed by atoms with Gasteiger partial charge in [0.15, 0.2) is 0 Å². The summed E-state index contributed by atoms with van der Waals surface area (Å²) in [4.78, 5) is 0. The summed E-state index contributed by atoms with van der Waals surface area (Å²) < 4.78 is 0. The quantitative estimate of drug-likeness (QED) is 0.493. The zero-order valence-electron chi connectivity index (χ0n) is 9.73. The molecule has 0 saturated carbocycles. The van der Waals surface area contributed by atoms with Gasteiger partial charge < -0.3 is 0 Å². The molecule has 1 rings (SSSR count). The van der Waals surface area contributed by atoms with E-state index in [2.05, 4.69) is 56.4 Å². The fourth-order valence-electron chi connectivity index (χ4n) is 1.84. The van der Waals surface area contributed by atoms with Gasteiger partial charge in [-0.05, 0) is 0 Å². The van der Waals surface area contributed by atoms with Gasteiger partial charge in [-0.15, -0.1) is 0 Å². The van der Waals surface area contributed by atoms with E-state index >= 15 is 0 Å². The molecule has 0 radical (unpaired) electrons. The molecule has 1 atom stereocenters. The molecule has 0 bridgehead atoms. The Bertz CT molecular complexity index is 379. The van der Waals surface area contributed by atoms with Crippen molar-refractivity contribution in [3.63, 3.8) is 0 Å². The molecule has 0 spiro atoms. The van der Waals surface area contributed by atoms with Crippen molar-refractivity contribution in [1.29, 1.82) is 0 Å². The summed E-state index contributed by atoms with van der Waals surface area (Å²) in [5, 5.41) is 3.98. The minimum absolute atomic E-state index is 0.263.